The zero-order valence-corrected chi connectivity index (χ0v) is 17.6. The number of hydrogen-bond donors (Lipinski definition) is 3. The lowest BCUT2D eigenvalue weighted by atomic mass is 10.1. The first-order valence-corrected chi connectivity index (χ1v) is 9.87. The van der Waals surface area contributed by atoms with E-state index in [1.54, 1.807) is 18.3 Å². The Labute approximate surface area is 187 Å². The van der Waals surface area contributed by atoms with Gasteiger partial charge in [-0.05, 0) is 31.5 Å². The highest BCUT2D eigenvalue weighted by atomic mass is 19.4. The Morgan fingerprint density at radius 1 is 1.09 bits per heavy atom. The van der Waals surface area contributed by atoms with Crippen LogP contribution in [0, 0.1) is 0 Å². The van der Waals surface area contributed by atoms with E-state index in [1.165, 1.54) is 16.9 Å². The number of aromatic amines is 1. The van der Waals surface area contributed by atoms with Crippen LogP contribution in [0.1, 0.15) is 24.2 Å². The number of amides is 1. The summed E-state index contributed by atoms with van der Waals surface area (Å²) in [4.78, 5) is 23.3. The number of aromatic nitrogens is 5. The summed E-state index contributed by atoms with van der Waals surface area (Å²) in [6, 6.07) is -0.693. The van der Waals surface area contributed by atoms with Gasteiger partial charge in [0, 0.05) is 29.5 Å². The smallest absolute Gasteiger partial charge is 0.345 e. The molecule has 0 saturated carbocycles. The second-order valence-electron chi connectivity index (χ2n) is 7.61. The van der Waals surface area contributed by atoms with Gasteiger partial charge in [0.15, 0.2) is 0 Å². The van der Waals surface area contributed by atoms with Gasteiger partial charge in [0.1, 0.15) is 17.7 Å². The summed E-state index contributed by atoms with van der Waals surface area (Å²) in [6.07, 6.45) is -3.48. The van der Waals surface area contributed by atoms with Gasteiger partial charge in [-0.3, -0.25) is 4.79 Å². The molecule has 0 spiro atoms. The first-order valence-electron chi connectivity index (χ1n) is 9.87. The van der Waals surface area contributed by atoms with Gasteiger partial charge in [-0.15, -0.1) is 0 Å². The average molecular weight is 485 g/mol. The largest absolute Gasteiger partial charge is 0.408 e. The summed E-state index contributed by atoms with van der Waals surface area (Å²) in [5, 5.41) is 8.57. The van der Waals surface area contributed by atoms with Crippen LogP contribution in [0.4, 0.5) is 32.3 Å². The lowest BCUT2D eigenvalue weighted by molar-refractivity contribution is -0.149. The zero-order valence-electron chi connectivity index (χ0n) is 17.6. The number of hydrogen-bond acceptors (Lipinski definition) is 5. The van der Waals surface area contributed by atoms with E-state index in [0.29, 0.717) is 16.5 Å². The van der Waals surface area contributed by atoms with Crippen LogP contribution in [0.5, 0.6) is 0 Å². The number of alkyl halides is 6. The predicted octanol–water partition coefficient (Wildman–Crippen LogP) is 4.32. The van der Waals surface area contributed by atoms with Crippen molar-refractivity contribution in [2.24, 2.45) is 0 Å². The summed E-state index contributed by atoms with van der Waals surface area (Å²) < 4.78 is 78.1. The number of carbonyl (C=O) groups is 1. The highest BCUT2D eigenvalue weighted by Crippen LogP contribution is 2.30. The van der Waals surface area contributed by atoms with Gasteiger partial charge in [-0.25, -0.2) is 9.50 Å². The summed E-state index contributed by atoms with van der Waals surface area (Å²) in [5.74, 6) is -1.15. The van der Waals surface area contributed by atoms with Gasteiger partial charge in [0.25, 0.3) is 5.91 Å². The summed E-state index contributed by atoms with van der Waals surface area (Å²) in [7, 11) is 0. The van der Waals surface area contributed by atoms with Crippen LogP contribution in [-0.4, -0.2) is 54.9 Å². The van der Waals surface area contributed by atoms with E-state index in [4.69, 9.17) is 0 Å². The standard InChI is InChI=1S/C20H17F6N7O/c1-9(19(21,22)23)30-17(34)14-8-29-33-4-3-11(5-15(14)33)12-6-27-16-13(12)7-28-18(32-16)31-10(2)20(24,25)26/h3-10H,1-2H3,(H,30,34)(H2,27,28,31,32)/t9-,10-/m1/s1. The fraction of sp³-hybridized carbons (Fsp3) is 0.300. The van der Waals surface area contributed by atoms with Crippen molar-refractivity contribution >= 4 is 28.4 Å². The molecule has 0 saturated heterocycles. The van der Waals surface area contributed by atoms with E-state index in [1.807, 2.05) is 5.32 Å². The molecule has 4 heterocycles. The molecule has 4 aromatic rings. The summed E-state index contributed by atoms with van der Waals surface area (Å²) in [5.41, 5.74) is 1.61. The Bertz CT molecular complexity index is 1360. The maximum atomic E-state index is 12.8. The number of carbonyl (C=O) groups excluding carboxylic acids is 1. The highest BCUT2D eigenvalue weighted by molar-refractivity contribution is 6.02. The first kappa shape index (κ1) is 23.3. The molecule has 2 atom stereocenters. The first-order chi connectivity index (χ1) is 15.8. The van der Waals surface area contributed by atoms with E-state index in [0.717, 1.165) is 20.0 Å². The van der Waals surface area contributed by atoms with Gasteiger partial charge >= 0.3 is 12.4 Å². The van der Waals surface area contributed by atoms with Crippen LogP contribution in [0.15, 0.2) is 36.9 Å². The van der Waals surface area contributed by atoms with Gasteiger partial charge in [0.2, 0.25) is 5.95 Å². The Morgan fingerprint density at radius 3 is 2.47 bits per heavy atom. The molecule has 0 aliphatic carbocycles. The lowest BCUT2D eigenvalue weighted by Gasteiger charge is -2.16. The third kappa shape index (κ3) is 4.47. The van der Waals surface area contributed by atoms with Gasteiger partial charge in [-0.1, -0.05) is 0 Å². The van der Waals surface area contributed by atoms with E-state index in [-0.39, 0.29) is 22.7 Å². The molecule has 0 aliphatic rings. The SMILES string of the molecule is C[C@@H](NC(=O)c1cnn2ccc(-c3c[nH]c4nc(N[C@H](C)C(F)(F)F)ncc34)cc12)C(F)(F)F. The van der Waals surface area contributed by atoms with Crippen molar-refractivity contribution in [3.8, 4) is 11.1 Å². The molecular formula is C20H17F6N7O. The Hall–Kier alpha value is -3.84. The summed E-state index contributed by atoms with van der Waals surface area (Å²) in [6.45, 7) is 1.78. The molecule has 4 rings (SSSR count). The number of nitrogens with zero attached hydrogens (tertiary/aromatic N) is 4. The van der Waals surface area contributed by atoms with Gasteiger partial charge < -0.3 is 15.6 Å². The average Bonchev–Trinajstić information content (AvgIpc) is 3.35. The molecule has 0 bridgehead atoms. The second kappa shape index (κ2) is 8.18. The quantitative estimate of drug-likeness (QED) is 0.366. The normalized spacial score (nSPS) is 14.4. The minimum atomic E-state index is -4.60. The number of rotatable bonds is 5. The van der Waals surface area contributed by atoms with E-state index >= 15 is 0 Å². The molecule has 8 nitrogen and oxygen atoms in total. The molecule has 0 aliphatic heterocycles. The lowest BCUT2D eigenvalue weighted by Crippen LogP contribution is -2.43. The maximum absolute atomic E-state index is 12.8. The molecule has 0 fully saturated rings. The van der Waals surface area contributed by atoms with Crippen molar-refractivity contribution in [3.05, 3.63) is 42.5 Å². The number of fused-ring (bicyclic) bond motifs is 2. The Morgan fingerprint density at radius 2 is 1.79 bits per heavy atom. The predicted molar refractivity (Wildman–Crippen MR) is 110 cm³/mol. The molecular weight excluding hydrogens is 468 g/mol. The molecule has 14 heteroatoms. The van der Waals surface area contributed by atoms with Crippen molar-refractivity contribution in [1.82, 2.24) is 29.9 Å². The van der Waals surface area contributed by atoms with E-state index in [9.17, 15) is 31.1 Å². The minimum absolute atomic E-state index is 0.0540. The maximum Gasteiger partial charge on any atom is 0.408 e. The van der Waals surface area contributed by atoms with Gasteiger partial charge in [0.05, 0.1) is 17.3 Å². The number of halogens is 6. The van der Waals surface area contributed by atoms with Gasteiger partial charge in [-0.2, -0.15) is 36.4 Å². The van der Waals surface area contributed by atoms with Crippen molar-refractivity contribution in [2.75, 3.05) is 5.32 Å². The fourth-order valence-corrected chi connectivity index (χ4v) is 3.17. The molecule has 1 amide bonds. The molecule has 0 unspecified atom stereocenters. The minimum Gasteiger partial charge on any atom is -0.345 e. The van der Waals surface area contributed by atoms with Crippen LogP contribution >= 0.6 is 0 Å². The number of pyridine rings is 1. The molecule has 0 radical (unpaired) electrons. The zero-order chi connectivity index (χ0) is 24.8. The Kier molecular flexibility index (Phi) is 5.61. The van der Waals surface area contributed by atoms with Crippen molar-refractivity contribution < 1.29 is 31.1 Å². The van der Waals surface area contributed by atoms with Crippen LogP contribution < -0.4 is 10.6 Å². The van der Waals surface area contributed by atoms with Crippen molar-refractivity contribution in [2.45, 2.75) is 38.3 Å². The second-order valence-corrected chi connectivity index (χ2v) is 7.61. The van der Waals surface area contributed by atoms with Crippen LogP contribution in [0.2, 0.25) is 0 Å². The van der Waals surface area contributed by atoms with Crippen LogP contribution in [0.3, 0.4) is 0 Å². The molecule has 34 heavy (non-hydrogen) atoms. The van der Waals surface area contributed by atoms with Crippen LogP contribution in [0.25, 0.3) is 27.7 Å². The molecule has 3 N–H and O–H groups in total. The number of H-pyrrole nitrogens is 1. The third-order valence-corrected chi connectivity index (χ3v) is 5.18. The monoisotopic (exact) mass is 485 g/mol. The van der Waals surface area contributed by atoms with Crippen molar-refractivity contribution in [3.63, 3.8) is 0 Å². The third-order valence-electron chi connectivity index (χ3n) is 5.18. The summed E-state index contributed by atoms with van der Waals surface area (Å²) >= 11 is 0. The number of anilines is 1. The van der Waals surface area contributed by atoms with E-state index in [2.05, 4.69) is 25.4 Å². The topological polar surface area (TPSA) is 100 Å². The Balaban J connectivity index is 1.65. The van der Waals surface area contributed by atoms with Crippen LogP contribution in [-0.2, 0) is 0 Å². The van der Waals surface area contributed by atoms with Crippen molar-refractivity contribution in [1.29, 1.82) is 0 Å². The molecule has 180 valence electrons. The molecule has 4 aromatic heterocycles. The molecule has 0 aromatic carbocycles. The fourth-order valence-electron chi connectivity index (χ4n) is 3.17. The highest BCUT2D eigenvalue weighted by Gasteiger charge is 2.38. The number of nitrogens with one attached hydrogen (secondary N) is 3. The van der Waals surface area contributed by atoms with E-state index < -0.39 is 30.3 Å².